The largest absolute Gasteiger partial charge is 0.356 e. The Morgan fingerprint density at radius 1 is 1.05 bits per heavy atom. The first-order chi connectivity index (χ1) is 10.2. The summed E-state index contributed by atoms with van der Waals surface area (Å²) in [7, 11) is 0. The molecule has 108 valence electrons. The molecule has 0 spiro atoms. The minimum atomic E-state index is 0.615. The van der Waals surface area contributed by atoms with Crippen LogP contribution in [0.3, 0.4) is 0 Å². The average Bonchev–Trinajstić information content (AvgIpc) is 2.92. The van der Waals surface area contributed by atoms with Crippen molar-refractivity contribution in [2.24, 2.45) is 5.92 Å². The fraction of sp³-hybridized carbons (Fsp3) is 0.294. The first-order valence-electron chi connectivity index (χ1n) is 7.25. The van der Waals surface area contributed by atoms with Crippen molar-refractivity contribution in [3.05, 3.63) is 53.0 Å². The highest BCUT2D eigenvalue weighted by molar-refractivity contribution is 7.15. The Morgan fingerprint density at radius 2 is 1.86 bits per heavy atom. The number of fused-ring (bicyclic) bond motifs is 1. The van der Waals surface area contributed by atoms with Crippen LogP contribution in [-0.2, 0) is 13.0 Å². The number of aromatic nitrogens is 2. The third kappa shape index (κ3) is 3.39. The first-order valence-corrected chi connectivity index (χ1v) is 8.07. The van der Waals surface area contributed by atoms with E-state index in [1.807, 2.05) is 0 Å². The maximum absolute atomic E-state index is 4.24. The van der Waals surface area contributed by atoms with Gasteiger partial charge in [0, 0.05) is 13.0 Å². The van der Waals surface area contributed by atoms with E-state index in [-0.39, 0.29) is 0 Å². The van der Waals surface area contributed by atoms with Crippen molar-refractivity contribution in [2.75, 3.05) is 5.32 Å². The van der Waals surface area contributed by atoms with E-state index in [1.54, 1.807) is 11.3 Å². The number of hydrogen-bond donors (Lipinski definition) is 1. The summed E-state index contributed by atoms with van der Waals surface area (Å²) in [6.07, 6.45) is 0.994. The van der Waals surface area contributed by atoms with Crippen LogP contribution >= 0.6 is 11.3 Å². The molecule has 0 aliphatic heterocycles. The maximum atomic E-state index is 4.24. The van der Waals surface area contributed by atoms with Crippen LogP contribution in [0.15, 0.2) is 42.5 Å². The Morgan fingerprint density at radius 3 is 2.71 bits per heavy atom. The number of nitrogens with zero attached hydrogens (tertiary/aromatic N) is 2. The molecule has 0 bridgehead atoms. The zero-order valence-corrected chi connectivity index (χ0v) is 13.2. The van der Waals surface area contributed by atoms with Gasteiger partial charge in [0.1, 0.15) is 5.01 Å². The smallest absolute Gasteiger partial charge is 0.205 e. The summed E-state index contributed by atoms with van der Waals surface area (Å²) >= 11 is 1.65. The average molecular weight is 297 g/mol. The number of benzene rings is 2. The van der Waals surface area contributed by atoms with Gasteiger partial charge in [-0.3, -0.25) is 0 Å². The number of hydrogen-bond acceptors (Lipinski definition) is 4. The predicted molar refractivity (Wildman–Crippen MR) is 89.7 cm³/mol. The topological polar surface area (TPSA) is 37.8 Å². The highest BCUT2D eigenvalue weighted by Gasteiger charge is 2.06. The van der Waals surface area contributed by atoms with E-state index in [4.69, 9.17) is 0 Å². The van der Waals surface area contributed by atoms with Gasteiger partial charge in [-0.05, 0) is 22.3 Å². The number of anilines is 1. The molecule has 0 atom stereocenters. The molecule has 3 aromatic rings. The van der Waals surface area contributed by atoms with E-state index in [2.05, 4.69) is 71.8 Å². The molecule has 0 fully saturated rings. The molecule has 1 aromatic heterocycles. The Bertz CT molecular complexity index is 728. The van der Waals surface area contributed by atoms with Crippen molar-refractivity contribution in [1.82, 2.24) is 10.2 Å². The molecule has 0 saturated carbocycles. The van der Waals surface area contributed by atoms with Gasteiger partial charge in [-0.1, -0.05) is 67.6 Å². The molecule has 3 rings (SSSR count). The first kappa shape index (κ1) is 14.0. The van der Waals surface area contributed by atoms with Crippen molar-refractivity contribution in [1.29, 1.82) is 0 Å². The summed E-state index contributed by atoms with van der Waals surface area (Å²) in [4.78, 5) is 0. The van der Waals surface area contributed by atoms with Crippen LogP contribution in [0.5, 0.6) is 0 Å². The summed E-state index contributed by atoms with van der Waals surface area (Å²) in [6.45, 7) is 5.17. The molecule has 1 heterocycles. The predicted octanol–water partition coefficient (Wildman–Crippen LogP) is 4.50. The molecule has 0 unspecified atom stereocenters. The highest BCUT2D eigenvalue weighted by Crippen LogP contribution is 2.22. The van der Waals surface area contributed by atoms with E-state index in [9.17, 15) is 0 Å². The Balaban J connectivity index is 1.73. The van der Waals surface area contributed by atoms with Crippen LogP contribution < -0.4 is 5.32 Å². The van der Waals surface area contributed by atoms with Crippen molar-refractivity contribution in [3.63, 3.8) is 0 Å². The lowest BCUT2D eigenvalue weighted by Crippen LogP contribution is -1.99. The zero-order valence-electron chi connectivity index (χ0n) is 12.3. The number of nitrogens with one attached hydrogen (secondary N) is 1. The summed E-state index contributed by atoms with van der Waals surface area (Å²) in [5.41, 5.74) is 1.29. The van der Waals surface area contributed by atoms with Gasteiger partial charge in [0.05, 0.1) is 0 Å². The Kier molecular flexibility index (Phi) is 4.15. The molecule has 0 aliphatic rings. The van der Waals surface area contributed by atoms with Crippen molar-refractivity contribution < 1.29 is 0 Å². The Labute approximate surface area is 129 Å². The van der Waals surface area contributed by atoms with E-state index < -0.39 is 0 Å². The second-order valence-electron chi connectivity index (χ2n) is 5.59. The van der Waals surface area contributed by atoms with Crippen molar-refractivity contribution in [2.45, 2.75) is 26.8 Å². The molecule has 0 radical (unpaired) electrons. The van der Waals surface area contributed by atoms with E-state index in [1.165, 1.54) is 16.3 Å². The van der Waals surface area contributed by atoms with Crippen LogP contribution in [0.25, 0.3) is 10.8 Å². The third-order valence-corrected chi connectivity index (χ3v) is 4.26. The normalized spacial score (nSPS) is 11.2. The molecule has 0 saturated heterocycles. The fourth-order valence-corrected chi connectivity index (χ4v) is 3.32. The lowest BCUT2D eigenvalue weighted by Gasteiger charge is -2.06. The van der Waals surface area contributed by atoms with E-state index in [0.717, 1.165) is 23.1 Å². The molecular formula is C17H19N3S. The summed E-state index contributed by atoms with van der Waals surface area (Å²) in [5.74, 6) is 0.615. The minimum Gasteiger partial charge on any atom is -0.356 e. The minimum absolute atomic E-state index is 0.615. The van der Waals surface area contributed by atoms with Crippen molar-refractivity contribution >= 4 is 27.2 Å². The fourth-order valence-electron chi connectivity index (χ4n) is 2.37. The zero-order chi connectivity index (χ0) is 14.7. The Hall–Kier alpha value is -1.94. The quantitative estimate of drug-likeness (QED) is 0.753. The second-order valence-corrected chi connectivity index (χ2v) is 6.65. The van der Waals surface area contributed by atoms with Gasteiger partial charge < -0.3 is 5.32 Å². The number of rotatable bonds is 5. The van der Waals surface area contributed by atoms with Crippen molar-refractivity contribution in [3.8, 4) is 0 Å². The molecule has 4 heteroatoms. The molecule has 1 N–H and O–H groups in total. The lowest BCUT2D eigenvalue weighted by molar-refractivity contribution is 0.640. The third-order valence-electron chi connectivity index (χ3n) is 3.36. The molecule has 0 amide bonds. The van der Waals surface area contributed by atoms with E-state index >= 15 is 0 Å². The lowest BCUT2D eigenvalue weighted by atomic mass is 10.0. The molecule has 3 nitrogen and oxygen atoms in total. The van der Waals surface area contributed by atoms with Gasteiger partial charge in [0.25, 0.3) is 0 Å². The SMILES string of the molecule is CC(C)Cc1nnc(NCc2cccc3ccccc23)s1. The second kappa shape index (κ2) is 6.22. The van der Waals surface area contributed by atoms with Gasteiger partial charge >= 0.3 is 0 Å². The molecule has 21 heavy (non-hydrogen) atoms. The summed E-state index contributed by atoms with van der Waals surface area (Å²) < 4.78 is 0. The van der Waals surface area contributed by atoms with Crippen LogP contribution in [0, 0.1) is 5.92 Å². The summed E-state index contributed by atoms with van der Waals surface area (Å²) in [5, 5.41) is 16.4. The van der Waals surface area contributed by atoms with Gasteiger partial charge in [-0.25, -0.2) is 0 Å². The van der Waals surface area contributed by atoms with Crippen LogP contribution in [0.2, 0.25) is 0 Å². The molecule has 0 aliphatic carbocycles. The maximum Gasteiger partial charge on any atom is 0.205 e. The van der Waals surface area contributed by atoms with Gasteiger partial charge in [-0.15, -0.1) is 10.2 Å². The van der Waals surface area contributed by atoms with E-state index in [0.29, 0.717) is 5.92 Å². The molecule has 2 aromatic carbocycles. The van der Waals surface area contributed by atoms with Gasteiger partial charge in [0.2, 0.25) is 5.13 Å². The molecular weight excluding hydrogens is 278 g/mol. The highest BCUT2D eigenvalue weighted by atomic mass is 32.1. The van der Waals surface area contributed by atoms with Gasteiger partial charge in [-0.2, -0.15) is 0 Å². The van der Waals surface area contributed by atoms with Crippen LogP contribution in [0.4, 0.5) is 5.13 Å². The van der Waals surface area contributed by atoms with Crippen LogP contribution in [-0.4, -0.2) is 10.2 Å². The monoisotopic (exact) mass is 297 g/mol. The van der Waals surface area contributed by atoms with Gasteiger partial charge in [0.15, 0.2) is 0 Å². The van der Waals surface area contributed by atoms with Crippen LogP contribution in [0.1, 0.15) is 24.4 Å². The standard InChI is InChI=1S/C17H19N3S/c1-12(2)10-16-19-20-17(21-16)18-11-14-8-5-7-13-6-3-4-9-15(13)14/h3-9,12H,10-11H2,1-2H3,(H,18,20). The summed E-state index contributed by atoms with van der Waals surface area (Å²) in [6, 6.07) is 14.9.